The number of hydrogen-bond donors (Lipinski definition) is 2. The lowest BCUT2D eigenvalue weighted by molar-refractivity contribution is -0.130. The summed E-state index contributed by atoms with van der Waals surface area (Å²) in [6, 6.07) is 11.9. The minimum absolute atomic E-state index is 0.0876. The molecule has 0 saturated carbocycles. The van der Waals surface area contributed by atoms with Crippen LogP contribution >= 0.6 is 23.2 Å². The van der Waals surface area contributed by atoms with Crippen molar-refractivity contribution < 1.29 is 14.3 Å². The van der Waals surface area contributed by atoms with Crippen molar-refractivity contribution in [2.75, 3.05) is 5.32 Å². The van der Waals surface area contributed by atoms with Crippen molar-refractivity contribution in [3.8, 4) is 5.75 Å². The summed E-state index contributed by atoms with van der Waals surface area (Å²) in [6.07, 6.45) is -0.960. The predicted molar refractivity (Wildman–Crippen MR) is 97.1 cm³/mol. The van der Waals surface area contributed by atoms with Gasteiger partial charge in [-0.15, -0.1) is 0 Å². The van der Waals surface area contributed by atoms with E-state index in [9.17, 15) is 9.59 Å². The van der Waals surface area contributed by atoms with Crippen molar-refractivity contribution in [1.82, 2.24) is 5.32 Å². The van der Waals surface area contributed by atoms with Crippen LogP contribution < -0.4 is 15.4 Å². The minimum atomic E-state index is -0.872. The number of ether oxygens (including phenoxy) is 1. The maximum Gasteiger partial charge on any atom is 0.266 e. The van der Waals surface area contributed by atoms with E-state index >= 15 is 0 Å². The molecule has 0 aliphatic carbocycles. The number of para-hydroxylation sites is 2. The Morgan fingerprint density at radius 2 is 2.04 bits per heavy atom. The van der Waals surface area contributed by atoms with Gasteiger partial charge in [0.15, 0.2) is 6.10 Å². The van der Waals surface area contributed by atoms with Crippen LogP contribution in [0.15, 0.2) is 42.5 Å². The third-order valence-electron chi connectivity index (χ3n) is 3.88. The molecule has 3 rings (SSSR count). The highest BCUT2D eigenvalue weighted by Gasteiger charge is 2.30. The van der Waals surface area contributed by atoms with Gasteiger partial charge in [0.2, 0.25) is 5.91 Å². The monoisotopic (exact) mass is 378 g/mol. The molecule has 25 heavy (non-hydrogen) atoms. The Hall–Kier alpha value is -2.24. The van der Waals surface area contributed by atoms with E-state index < -0.39 is 6.10 Å². The van der Waals surface area contributed by atoms with E-state index in [1.165, 1.54) is 0 Å². The molecule has 1 aliphatic heterocycles. The average molecular weight is 379 g/mol. The van der Waals surface area contributed by atoms with E-state index in [0.29, 0.717) is 21.5 Å². The molecule has 2 atom stereocenters. The largest absolute Gasteiger partial charge is 0.478 e. The van der Waals surface area contributed by atoms with Gasteiger partial charge < -0.3 is 15.4 Å². The zero-order valence-electron chi connectivity index (χ0n) is 13.4. The van der Waals surface area contributed by atoms with Crippen molar-refractivity contribution in [2.24, 2.45) is 0 Å². The molecule has 1 heterocycles. The molecule has 0 aromatic heterocycles. The third-order valence-corrected chi connectivity index (χ3v) is 4.45. The number of amides is 2. The van der Waals surface area contributed by atoms with Crippen molar-refractivity contribution in [2.45, 2.75) is 25.5 Å². The van der Waals surface area contributed by atoms with E-state index in [1.807, 2.05) is 6.92 Å². The van der Waals surface area contributed by atoms with Gasteiger partial charge in [-0.2, -0.15) is 0 Å². The van der Waals surface area contributed by atoms with Gasteiger partial charge in [0.25, 0.3) is 5.91 Å². The van der Waals surface area contributed by atoms with Gasteiger partial charge in [0.05, 0.1) is 18.2 Å². The number of anilines is 1. The van der Waals surface area contributed by atoms with Crippen LogP contribution in [0.3, 0.4) is 0 Å². The maximum absolute atomic E-state index is 12.3. The van der Waals surface area contributed by atoms with Gasteiger partial charge in [0, 0.05) is 10.0 Å². The van der Waals surface area contributed by atoms with Crippen molar-refractivity contribution in [3.05, 3.63) is 58.1 Å². The smallest absolute Gasteiger partial charge is 0.266 e. The lowest BCUT2D eigenvalue weighted by Gasteiger charge is -2.26. The van der Waals surface area contributed by atoms with Gasteiger partial charge in [-0.3, -0.25) is 9.59 Å². The first-order valence-electron chi connectivity index (χ1n) is 7.75. The highest BCUT2D eigenvalue weighted by Crippen LogP contribution is 2.30. The second-order valence-electron chi connectivity index (χ2n) is 5.75. The summed E-state index contributed by atoms with van der Waals surface area (Å²) in [5.74, 6) is -0.0993. The van der Waals surface area contributed by atoms with E-state index in [-0.39, 0.29) is 24.3 Å². The fourth-order valence-corrected chi connectivity index (χ4v) is 3.20. The molecule has 2 amide bonds. The molecule has 1 aliphatic rings. The zero-order valence-corrected chi connectivity index (χ0v) is 14.9. The summed E-state index contributed by atoms with van der Waals surface area (Å²) in [6.45, 7) is 1.81. The highest BCUT2D eigenvalue weighted by atomic mass is 35.5. The van der Waals surface area contributed by atoms with Gasteiger partial charge >= 0.3 is 0 Å². The molecule has 130 valence electrons. The van der Waals surface area contributed by atoms with E-state index in [4.69, 9.17) is 27.9 Å². The molecule has 0 radical (unpaired) electrons. The highest BCUT2D eigenvalue weighted by molar-refractivity contribution is 6.35. The van der Waals surface area contributed by atoms with Gasteiger partial charge in [-0.1, -0.05) is 41.4 Å². The van der Waals surface area contributed by atoms with E-state index in [2.05, 4.69) is 10.6 Å². The fourth-order valence-electron chi connectivity index (χ4n) is 2.63. The molecular formula is C18H16Cl2N2O3. The van der Waals surface area contributed by atoms with Crippen molar-refractivity contribution in [1.29, 1.82) is 0 Å². The van der Waals surface area contributed by atoms with Crippen LogP contribution in [0.1, 0.15) is 24.9 Å². The molecule has 7 heteroatoms. The number of fused-ring (bicyclic) bond motifs is 1. The minimum Gasteiger partial charge on any atom is -0.478 e. The Morgan fingerprint density at radius 3 is 2.80 bits per heavy atom. The number of nitrogens with one attached hydrogen (secondary N) is 2. The molecule has 2 aromatic rings. The molecule has 0 saturated heterocycles. The van der Waals surface area contributed by atoms with Gasteiger partial charge in [-0.25, -0.2) is 0 Å². The first-order valence-corrected chi connectivity index (χ1v) is 8.50. The molecule has 0 unspecified atom stereocenters. The number of halogens is 2. The first kappa shape index (κ1) is 17.6. The average Bonchev–Trinajstić information content (AvgIpc) is 2.55. The summed E-state index contributed by atoms with van der Waals surface area (Å²) < 4.78 is 5.63. The second-order valence-corrected chi connectivity index (χ2v) is 6.59. The van der Waals surface area contributed by atoms with Gasteiger partial charge in [0.1, 0.15) is 5.75 Å². The van der Waals surface area contributed by atoms with Crippen LogP contribution in [0.2, 0.25) is 10.0 Å². The van der Waals surface area contributed by atoms with E-state index in [0.717, 1.165) is 5.56 Å². The first-order chi connectivity index (χ1) is 11.9. The molecule has 2 N–H and O–H groups in total. The molecule has 5 nitrogen and oxygen atoms in total. The number of benzene rings is 2. The summed E-state index contributed by atoms with van der Waals surface area (Å²) in [5, 5.41) is 6.56. The molecule has 0 bridgehead atoms. The van der Waals surface area contributed by atoms with E-state index in [1.54, 1.807) is 42.5 Å². The Morgan fingerprint density at radius 1 is 1.28 bits per heavy atom. The van der Waals surface area contributed by atoms with Crippen LogP contribution in [-0.2, 0) is 9.59 Å². The number of carbonyl (C=O) groups is 2. The van der Waals surface area contributed by atoms with Gasteiger partial charge in [-0.05, 0) is 36.8 Å². The summed E-state index contributed by atoms with van der Waals surface area (Å²) in [5.41, 5.74) is 1.35. The predicted octanol–water partition coefficient (Wildman–Crippen LogP) is 3.96. The second kappa shape index (κ2) is 7.33. The van der Waals surface area contributed by atoms with Crippen molar-refractivity contribution >= 4 is 40.7 Å². The van der Waals surface area contributed by atoms with Crippen LogP contribution in [0.5, 0.6) is 5.75 Å². The molecule has 0 spiro atoms. The van der Waals surface area contributed by atoms with Crippen LogP contribution in [-0.4, -0.2) is 17.9 Å². The Kier molecular flexibility index (Phi) is 5.16. The van der Waals surface area contributed by atoms with Crippen LogP contribution in [0, 0.1) is 0 Å². The van der Waals surface area contributed by atoms with Crippen LogP contribution in [0.25, 0.3) is 0 Å². The third kappa shape index (κ3) is 4.06. The number of carbonyl (C=O) groups excluding carboxylic acids is 2. The molecule has 0 fully saturated rings. The summed E-state index contributed by atoms with van der Waals surface area (Å²) >= 11 is 12.0. The lowest BCUT2D eigenvalue weighted by Crippen LogP contribution is -2.41. The SMILES string of the molecule is C[C@@H](NC(=O)C[C@@H]1Oc2ccccc2NC1=O)c1ccc(Cl)cc1Cl. The summed E-state index contributed by atoms with van der Waals surface area (Å²) in [4.78, 5) is 24.4. The summed E-state index contributed by atoms with van der Waals surface area (Å²) in [7, 11) is 0. The number of hydrogen-bond acceptors (Lipinski definition) is 3. The van der Waals surface area contributed by atoms with Crippen LogP contribution in [0.4, 0.5) is 5.69 Å². The zero-order chi connectivity index (χ0) is 18.0. The topological polar surface area (TPSA) is 67.4 Å². The molecule has 2 aromatic carbocycles. The molecular weight excluding hydrogens is 363 g/mol. The number of rotatable bonds is 4. The fraction of sp³-hybridized carbons (Fsp3) is 0.222. The standard InChI is InChI=1S/C18H16Cl2N2O3/c1-10(12-7-6-11(19)8-13(12)20)21-17(23)9-16-18(24)22-14-4-2-3-5-15(14)25-16/h2-8,10,16H,9H2,1H3,(H,21,23)(H,22,24)/t10-,16+/m1/s1. The van der Waals surface area contributed by atoms with Crippen molar-refractivity contribution in [3.63, 3.8) is 0 Å². The quantitative estimate of drug-likeness (QED) is 0.845. The normalized spacial score (nSPS) is 17.1. The lowest BCUT2D eigenvalue weighted by atomic mass is 10.1. The maximum atomic E-state index is 12.3. The Balaban J connectivity index is 1.63. The Bertz CT molecular complexity index is 826. The Labute approximate surface area is 155 Å².